The molecule has 0 saturated carbocycles. The van der Waals surface area contributed by atoms with Gasteiger partial charge in [0.25, 0.3) is 11.8 Å². The van der Waals surface area contributed by atoms with E-state index >= 15 is 0 Å². The van der Waals surface area contributed by atoms with Crippen molar-refractivity contribution in [3.63, 3.8) is 0 Å². The molecule has 2 N–H and O–H groups in total. The van der Waals surface area contributed by atoms with E-state index in [0.29, 0.717) is 18.8 Å². The normalized spacial score (nSPS) is 14.0. The van der Waals surface area contributed by atoms with Gasteiger partial charge < -0.3 is 15.2 Å². The Morgan fingerprint density at radius 3 is 2.96 bits per heavy atom. The quantitative estimate of drug-likeness (QED) is 0.845. The molecule has 0 bridgehead atoms. The highest BCUT2D eigenvalue weighted by molar-refractivity contribution is 5.96. The Balaban J connectivity index is 1.55. The van der Waals surface area contributed by atoms with Gasteiger partial charge in [-0.3, -0.25) is 9.59 Å². The lowest BCUT2D eigenvalue weighted by Gasteiger charge is -2.23. The lowest BCUT2D eigenvalue weighted by molar-refractivity contribution is 0.0773. The number of hydrogen-bond donors (Lipinski definition) is 2. The number of benzene rings is 1. The van der Waals surface area contributed by atoms with Crippen molar-refractivity contribution in [1.29, 1.82) is 0 Å². The minimum Gasteiger partial charge on any atom is -0.350 e. The maximum absolute atomic E-state index is 12.8. The largest absolute Gasteiger partial charge is 0.350 e. The zero-order valence-corrected chi connectivity index (χ0v) is 14.7. The predicted octanol–water partition coefficient (Wildman–Crippen LogP) is 2.04. The number of nitrogens with one attached hydrogen (secondary N) is 2. The molecule has 1 unspecified atom stereocenters. The standard InChI is InChI=1S/C19H24N4O2/c1-13(9-21-18(24)17-10-20-12-22-17)11-23(2)19(25)16-8-4-6-14-5-3-7-15(14)16/h4,6,8,10,12-13H,3,5,7,9,11H2,1-2H3,(H,20,22)(H,21,24). The van der Waals surface area contributed by atoms with Crippen molar-refractivity contribution in [2.75, 3.05) is 20.1 Å². The van der Waals surface area contributed by atoms with Crippen molar-refractivity contribution in [2.45, 2.75) is 26.2 Å². The third kappa shape index (κ3) is 3.90. The van der Waals surface area contributed by atoms with Gasteiger partial charge in [0.05, 0.1) is 12.5 Å². The highest BCUT2D eigenvalue weighted by Crippen LogP contribution is 2.26. The highest BCUT2D eigenvalue weighted by atomic mass is 16.2. The second-order valence-corrected chi connectivity index (χ2v) is 6.76. The minimum atomic E-state index is -0.181. The van der Waals surface area contributed by atoms with Crippen LogP contribution in [0.5, 0.6) is 0 Å². The van der Waals surface area contributed by atoms with E-state index in [-0.39, 0.29) is 17.7 Å². The van der Waals surface area contributed by atoms with Gasteiger partial charge >= 0.3 is 0 Å². The summed E-state index contributed by atoms with van der Waals surface area (Å²) in [6.45, 7) is 3.11. The first kappa shape index (κ1) is 17.2. The summed E-state index contributed by atoms with van der Waals surface area (Å²) in [6.07, 6.45) is 6.14. The Hall–Kier alpha value is -2.63. The number of amides is 2. The van der Waals surface area contributed by atoms with Gasteiger partial charge in [-0.15, -0.1) is 0 Å². The molecule has 0 spiro atoms. The molecule has 1 atom stereocenters. The van der Waals surface area contributed by atoms with E-state index in [1.165, 1.54) is 23.7 Å². The Labute approximate surface area is 147 Å². The van der Waals surface area contributed by atoms with Crippen molar-refractivity contribution >= 4 is 11.8 Å². The fourth-order valence-corrected chi connectivity index (χ4v) is 3.38. The van der Waals surface area contributed by atoms with E-state index in [2.05, 4.69) is 21.4 Å². The van der Waals surface area contributed by atoms with Crippen LogP contribution in [0.2, 0.25) is 0 Å². The number of imidazole rings is 1. The van der Waals surface area contributed by atoms with Gasteiger partial charge in [0.1, 0.15) is 5.69 Å². The molecule has 3 rings (SSSR count). The van der Waals surface area contributed by atoms with Crippen LogP contribution < -0.4 is 5.32 Å². The van der Waals surface area contributed by atoms with Crippen LogP contribution in [-0.4, -0.2) is 46.8 Å². The van der Waals surface area contributed by atoms with Gasteiger partial charge in [-0.25, -0.2) is 4.98 Å². The molecular weight excluding hydrogens is 316 g/mol. The lowest BCUT2D eigenvalue weighted by atomic mass is 10.0. The zero-order valence-electron chi connectivity index (χ0n) is 14.7. The molecule has 6 nitrogen and oxygen atoms in total. The van der Waals surface area contributed by atoms with Crippen molar-refractivity contribution in [1.82, 2.24) is 20.2 Å². The van der Waals surface area contributed by atoms with E-state index in [9.17, 15) is 9.59 Å². The molecule has 25 heavy (non-hydrogen) atoms. The van der Waals surface area contributed by atoms with Crippen LogP contribution in [0.15, 0.2) is 30.7 Å². The van der Waals surface area contributed by atoms with E-state index in [1.54, 1.807) is 4.90 Å². The summed E-state index contributed by atoms with van der Waals surface area (Å²) in [7, 11) is 1.82. The lowest BCUT2D eigenvalue weighted by Crippen LogP contribution is -2.37. The average molecular weight is 340 g/mol. The smallest absolute Gasteiger partial charge is 0.269 e. The van der Waals surface area contributed by atoms with E-state index < -0.39 is 0 Å². The van der Waals surface area contributed by atoms with Crippen LogP contribution in [0.1, 0.15) is 45.3 Å². The third-order valence-electron chi connectivity index (χ3n) is 4.66. The molecular formula is C19H24N4O2. The fourth-order valence-electron chi connectivity index (χ4n) is 3.38. The van der Waals surface area contributed by atoms with Crippen LogP contribution >= 0.6 is 0 Å². The molecule has 1 aliphatic rings. The third-order valence-corrected chi connectivity index (χ3v) is 4.66. The van der Waals surface area contributed by atoms with Crippen molar-refractivity contribution in [2.24, 2.45) is 5.92 Å². The molecule has 1 aromatic heterocycles. The van der Waals surface area contributed by atoms with Crippen molar-refractivity contribution in [3.05, 3.63) is 53.1 Å². The number of hydrogen-bond acceptors (Lipinski definition) is 3. The molecule has 0 aliphatic heterocycles. The number of rotatable bonds is 6. The topological polar surface area (TPSA) is 78.1 Å². The van der Waals surface area contributed by atoms with Crippen LogP contribution in [-0.2, 0) is 12.8 Å². The second kappa shape index (κ2) is 7.51. The predicted molar refractivity (Wildman–Crippen MR) is 95.5 cm³/mol. The summed E-state index contributed by atoms with van der Waals surface area (Å²) in [5.74, 6) is 0.0299. The number of aromatic amines is 1. The van der Waals surface area contributed by atoms with Gasteiger partial charge in [0.15, 0.2) is 0 Å². The number of nitrogens with zero attached hydrogens (tertiary/aromatic N) is 2. The van der Waals surface area contributed by atoms with Gasteiger partial charge in [0.2, 0.25) is 0 Å². The Morgan fingerprint density at radius 2 is 2.20 bits per heavy atom. The molecule has 2 aromatic rings. The maximum atomic E-state index is 12.8. The summed E-state index contributed by atoms with van der Waals surface area (Å²) >= 11 is 0. The number of carbonyl (C=O) groups is 2. The summed E-state index contributed by atoms with van der Waals surface area (Å²) in [5, 5.41) is 2.86. The summed E-state index contributed by atoms with van der Waals surface area (Å²) < 4.78 is 0. The van der Waals surface area contributed by atoms with Crippen molar-refractivity contribution < 1.29 is 9.59 Å². The number of aryl methyl sites for hydroxylation is 1. The number of fused-ring (bicyclic) bond motifs is 1. The van der Waals surface area contributed by atoms with Crippen LogP contribution in [0.25, 0.3) is 0 Å². The number of H-pyrrole nitrogens is 1. The maximum Gasteiger partial charge on any atom is 0.269 e. The minimum absolute atomic E-state index is 0.0606. The molecule has 132 valence electrons. The monoisotopic (exact) mass is 340 g/mol. The van der Waals surface area contributed by atoms with Crippen LogP contribution in [0, 0.1) is 5.92 Å². The molecule has 2 amide bonds. The van der Waals surface area contributed by atoms with Crippen molar-refractivity contribution in [3.8, 4) is 0 Å². The molecule has 1 aromatic carbocycles. The first-order valence-electron chi connectivity index (χ1n) is 8.69. The summed E-state index contributed by atoms with van der Waals surface area (Å²) in [5.41, 5.74) is 3.78. The van der Waals surface area contributed by atoms with Gasteiger partial charge in [-0.05, 0) is 42.4 Å². The van der Waals surface area contributed by atoms with E-state index in [0.717, 1.165) is 24.8 Å². The van der Waals surface area contributed by atoms with E-state index in [1.807, 2.05) is 26.1 Å². The van der Waals surface area contributed by atoms with Gasteiger partial charge in [-0.2, -0.15) is 0 Å². The number of aromatic nitrogens is 2. The van der Waals surface area contributed by atoms with Crippen LogP contribution in [0.3, 0.4) is 0 Å². The molecule has 6 heteroatoms. The zero-order chi connectivity index (χ0) is 17.8. The Morgan fingerprint density at radius 1 is 1.36 bits per heavy atom. The molecule has 0 saturated heterocycles. The Bertz CT molecular complexity index is 755. The molecule has 0 radical (unpaired) electrons. The SMILES string of the molecule is CC(CNC(=O)c1cnc[nH]1)CN(C)C(=O)c1cccc2c1CCC2. The van der Waals surface area contributed by atoms with Crippen LogP contribution in [0.4, 0.5) is 0 Å². The first-order valence-corrected chi connectivity index (χ1v) is 8.69. The van der Waals surface area contributed by atoms with Gasteiger partial charge in [-0.1, -0.05) is 19.1 Å². The fraction of sp³-hybridized carbons (Fsp3) is 0.421. The summed E-state index contributed by atoms with van der Waals surface area (Å²) in [4.78, 5) is 33.1. The molecule has 0 fully saturated rings. The summed E-state index contributed by atoms with van der Waals surface area (Å²) in [6, 6.07) is 6.01. The number of carbonyl (C=O) groups excluding carboxylic acids is 2. The Kier molecular flexibility index (Phi) is 5.16. The average Bonchev–Trinajstić information content (AvgIpc) is 3.29. The van der Waals surface area contributed by atoms with E-state index in [4.69, 9.17) is 0 Å². The molecule has 1 heterocycles. The molecule has 1 aliphatic carbocycles. The highest BCUT2D eigenvalue weighted by Gasteiger charge is 2.22. The first-order chi connectivity index (χ1) is 12.1. The van der Waals surface area contributed by atoms with Gasteiger partial charge in [0, 0.05) is 25.7 Å². The second-order valence-electron chi connectivity index (χ2n) is 6.76.